The average Bonchev–Trinajstić information content (AvgIpc) is 3.53. The highest BCUT2D eigenvalue weighted by atomic mass is 16.5. The van der Waals surface area contributed by atoms with Crippen molar-refractivity contribution >= 4 is 81.6 Å². The van der Waals surface area contributed by atoms with E-state index in [-0.39, 0.29) is 47.2 Å². The quantitative estimate of drug-likeness (QED) is 0.0290. The molecule has 0 bridgehead atoms. The van der Waals surface area contributed by atoms with Crippen LogP contribution >= 0.6 is 0 Å². The van der Waals surface area contributed by atoms with Gasteiger partial charge in [0.25, 0.3) is 23.6 Å². The van der Waals surface area contributed by atoms with Crippen LogP contribution in [0.1, 0.15) is 76.2 Å². The maximum Gasteiger partial charge on any atom is 0.269 e. The zero-order chi connectivity index (χ0) is 44.5. The van der Waals surface area contributed by atoms with Crippen LogP contribution in [0.3, 0.4) is 0 Å². The van der Waals surface area contributed by atoms with Crippen molar-refractivity contribution in [2.24, 2.45) is 4.99 Å². The summed E-state index contributed by atoms with van der Waals surface area (Å²) in [5.41, 5.74) is 4.25. The highest BCUT2D eigenvalue weighted by Crippen LogP contribution is 2.37. The number of imide groups is 2. The van der Waals surface area contributed by atoms with Gasteiger partial charge in [0, 0.05) is 61.1 Å². The van der Waals surface area contributed by atoms with Gasteiger partial charge in [0.2, 0.25) is 17.7 Å². The largest absolute Gasteiger partial charge is 0.496 e. The predicted molar refractivity (Wildman–Crippen MR) is 234 cm³/mol. The number of piperidine rings is 1. The van der Waals surface area contributed by atoms with Gasteiger partial charge in [-0.2, -0.15) is 0 Å². The van der Waals surface area contributed by atoms with Crippen LogP contribution in [-0.4, -0.2) is 97.3 Å². The second kappa shape index (κ2) is 19.6. The summed E-state index contributed by atoms with van der Waals surface area (Å²) in [6, 6.07) is 15.9. The number of amides is 7. The van der Waals surface area contributed by atoms with Crippen LogP contribution in [0, 0.1) is 0 Å². The number of carbonyl (C=O) groups excluding carboxylic acids is 7. The first-order valence-corrected chi connectivity index (χ1v) is 19.9. The van der Waals surface area contributed by atoms with Gasteiger partial charge in [0.05, 0.1) is 35.0 Å². The van der Waals surface area contributed by atoms with E-state index in [2.05, 4.69) is 48.6 Å². The van der Waals surface area contributed by atoms with Crippen molar-refractivity contribution in [3.8, 4) is 5.75 Å². The van der Waals surface area contributed by atoms with Gasteiger partial charge in [-0.3, -0.25) is 53.8 Å². The molecule has 3 aromatic carbocycles. The molecule has 2 aliphatic heterocycles. The summed E-state index contributed by atoms with van der Waals surface area (Å²) in [5.74, 6) is -3.06. The van der Waals surface area contributed by atoms with Gasteiger partial charge in [0.15, 0.2) is 0 Å². The number of methoxy groups -OCH3 is 1. The number of aromatic nitrogens is 1. The van der Waals surface area contributed by atoms with Gasteiger partial charge in [0.1, 0.15) is 23.5 Å². The molecule has 7 amide bonds. The number of hydrogen-bond donors (Lipinski definition) is 6. The van der Waals surface area contributed by atoms with Crippen molar-refractivity contribution in [3.05, 3.63) is 107 Å². The van der Waals surface area contributed by atoms with Crippen molar-refractivity contribution < 1.29 is 38.3 Å². The number of fused-ring (bicyclic) bond motifs is 2. The van der Waals surface area contributed by atoms with Gasteiger partial charge in [-0.25, -0.2) is 0 Å². The summed E-state index contributed by atoms with van der Waals surface area (Å²) in [6.07, 6.45) is 5.90. The first-order valence-electron chi connectivity index (χ1n) is 19.9. The molecule has 0 saturated carbocycles. The lowest BCUT2D eigenvalue weighted by atomic mass is 10.00. The Hall–Kier alpha value is -7.69. The minimum atomic E-state index is -1.11. The van der Waals surface area contributed by atoms with Crippen molar-refractivity contribution in [1.29, 1.82) is 0 Å². The summed E-state index contributed by atoms with van der Waals surface area (Å²) < 4.78 is 5.71. The number of carbonyl (C=O) groups is 7. The lowest BCUT2D eigenvalue weighted by Gasteiger charge is -2.27. The number of anilines is 3. The van der Waals surface area contributed by atoms with E-state index in [0.717, 1.165) is 16.2 Å². The number of nitrogens with zero attached hydrogens (tertiary/aromatic N) is 3. The number of allylic oxidation sites excluding steroid dienone is 3. The molecular formula is C45H47N9O8. The van der Waals surface area contributed by atoms with E-state index in [4.69, 9.17) is 4.74 Å². The Morgan fingerprint density at radius 1 is 0.984 bits per heavy atom. The molecule has 1 aromatic heterocycles. The van der Waals surface area contributed by atoms with E-state index >= 15 is 0 Å². The van der Waals surface area contributed by atoms with Crippen molar-refractivity contribution in [2.45, 2.75) is 51.6 Å². The zero-order valence-corrected chi connectivity index (χ0v) is 34.7. The van der Waals surface area contributed by atoms with E-state index in [1.165, 1.54) is 12.3 Å². The third kappa shape index (κ3) is 9.51. The standard InChI is InChI=1S/C45H47N9O8/c1-25(29-22-30-34(23-36(29)62-5)50-24-31(41(57)47-4)39(30)52-27-12-7-6-8-13-27)16-17-33(46-3)42(58)49-21-10-9-20-48-40(56)26(2)51-32-15-11-14-28-38(32)45(61)54(44(28)60)35-18-19-37(55)53-43(35)59/h6-8,11-17,22-24,26,35,51H,3,9-10,18-21H2,1-2,4-5H3,(H,47,57)(H,48,56)(H,49,58)(H,50,52)(H,53,55,59)/b25-16+,33-17-/t26-,35?/m1/s1. The van der Waals surface area contributed by atoms with Crippen molar-refractivity contribution in [3.63, 3.8) is 0 Å². The van der Waals surface area contributed by atoms with Crippen molar-refractivity contribution in [1.82, 2.24) is 31.2 Å². The van der Waals surface area contributed by atoms with Crippen LogP contribution in [0.25, 0.3) is 16.5 Å². The molecule has 2 atom stereocenters. The Morgan fingerprint density at radius 2 is 1.73 bits per heavy atom. The molecular weight excluding hydrogens is 795 g/mol. The number of benzene rings is 3. The first-order chi connectivity index (χ1) is 29.9. The highest BCUT2D eigenvalue weighted by Gasteiger charge is 2.45. The fourth-order valence-corrected chi connectivity index (χ4v) is 7.14. The molecule has 2 aliphatic rings. The van der Waals surface area contributed by atoms with E-state index in [1.54, 1.807) is 51.4 Å². The molecule has 0 aliphatic carbocycles. The molecule has 3 heterocycles. The van der Waals surface area contributed by atoms with Gasteiger partial charge >= 0.3 is 0 Å². The number of aliphatic imine (C=N–C) groups is 1. The van der Waals surface area contributed by atoms with Crippen LogP contribution in [0.2, 0.25) is 0 Å². The van der Waals surface area contributed by atoms with E-state index in [9.17, 15) is 33.6 Å². The second-order valence-electron chi connectivity index (χ2n) is 14.5. The molecule has 0 spiro atoms. The predicted octanol–water partition coefficient (Wildman–Crippen LogP) is 4.25. The summed E-state index contributed by atoms with van der Waals surface area (Å²) in [6.45, 7) is 7.63. The highest BCUT2D eigenvalue weighted by molar-refractivity contribution is 6.25. The van der Waals surface area contributed by atoms with Crippen molar-refractivity contribution in [2.75, 3.05) is 37.9 Å². The molecule has 6 rings (SSSR count). The van der Waals surface area contributed by atoms with E-state index in [0.29, 0.717) is 59.4 Å². The minimum Gasteiger partial charge on any atom is -0.496 e. The van der Waals surface area contributed by atoms with Crippen LogP contribution in [-0.2, 0) is 19.2 Å². The molecule has 0 radical (unpaired) electrons. The van der Waals surface area contributed by atoms with E-state index < -0.39 is 41.6 Å². The number of ether oxygens (including phenoxy) is 1. The minimum absolute atomic E-state index is 0.00315. The monoisotopic (exact) mass is 841 g/mol. The molecule has 4 aromatic rings. The fourth-order valence-electron chi connectivity index (χ4n) is 7.14. The first kappa shape index (κ1) is 43.9. The molecule has 320 valence electrons. The second-order valence-corrected chi connectivity index (χ2v) is 14.5. The number of unbranched alkanes of at least 4 members (excludes halogenated alkanes) is 1. The average molecular weight is 842 g/mol. The molecule has 1 fully saturated rings. The maximum absolute atomic E-state index is 13.4. The summed E-state index contributed by atoms with van der Waals surface area (Å²) in [7, 11) is 3.10. The number of nitrogens with one attached hydrogen (secondary N) is 6. The number of hydrogen-bond acceptors (Lipinski definition) is 12. The Kier molecular flexibility index (Phi) is 13.9. The van der Waals surface area contributed by atoms with Crippen LogP contribution < -0.4 is 36.6 Å². The van der Waals surface area contributed by atoms with Gasteiger partial charge < -0.3 is 31.3 Å². The third-order valence-electron chi connectivity index (χ3n) is 10.4. The van der Waals surface area contributed by atoms with E-state index in [1.807, 2.05) is 43.3 Å². The Morgan fingerprint density at radius 3 is 2.42 bits per heavy atom. The Bertz CT molecular complexity index is 2540. The van der Waals surface area contributed by atoms with Crippen LogP contribution in [0.15, 0.2) is 89.7 Å². The lowest BCUT2D eigenvalue weighted by molar-refractivity contribution is -0.136. The molecule has 1 saturated heterocycles. The number of pyridine rings is 1. The molecule has 62 heavy (non-hydrogen) atoms. The SMILES string of the molecule is C=N/C(=C\C=C(/C)c1cc2c(Nc3ccccc3)c(C(=O)NC)cnc2cc1OC)C(=O)NCCCCNC(=O)[C@@H](C)Nc1cccc2c1C(=O)N(C1CCC(=O)NC1=O)C2=O. The van der Waals surface area contributed by atoms with Crippen LogP contribution in [0.5, 0.6) is 5.75 Å². The maximum atomic E-state index is 13.4. The summed E-state index contributed by atoms with van der Waals surface area (Å²) >= 11 is 0. The Labute approximate surface area is 357 Å². The van der Waals surface area contributed by atoms with Gasteiger partial charge in [-0.1, -0.05) is 30.3 Å². The normalized spacial score (nSPS) is 15.7. The summed E-state index contributed by atoms with van der Waals surface area (Å²) in [4.78, 5) is 98.9. The van der Waals surface area contributed by atoms with Gasteiger partial charge in [-0.05, 0) is 81.8 Å². The number of para-hydroxylation sites is 1. The van der Waals surface area contributed by atoms with Crippen LogP contribution in [0.4, 0.5) is 17.1 Å². The summed E-state index contributed by atoms with van der Waals surface area (Å²) in [5, 5.41) is 17.6. The van der Waals surface area contributed by atoms with Gasteiger partial charge in [-0.15, -0.1) is 0 Å². The molecule has 1 unspecified atom stereocenters. The lowest BCUT2D eigenvalue weighted by Crippen LogP contribution is -2.54. The third-order valence-corrected chi connectivity index (χ3v) is 10.4. The molecule has 17 heteroatoms. The zero-order valence-electron chi connectivity index (χ0n) is 34.7. The fraction of sp³-hybridized carbons (Fsp3) is 0.267. The smallest absolute Gasteiger partial charge is 0.269 e. The Balaban J connectivity index is 1.03. The number of rotatable bonds is 17. The molecule has 17 nitrogen and oxygen atoms in total. The topological polar surface area (TPSA) is 229 Å². The molecule has 6 N–H and O–H groups in total.